The number of amidine groups is 1. The molecular formula is C24H37N7O4. The van der Waals surface area contributed by atoms with Gasteiger partial charge in [-0.15, -0.1) is 0 Å². The fourth-order valence-corrected chi connectivity index (χ4v) is 5.47. The third-order valence-corrected chi connectivity index (χ3v) is 7.23. The number of alkyl carbamates (subject to hydrolysis) is 1. The molecule has 0 spiro atoms. The highest BCUT2D eigenvalue weighted by atomic mass is 16.6. The average molecular weight is 488 g/mol. The van der Waals surface area contributed by atoms with Crippen molar-refractivity contribution >= 4 is 23.9 Å². The molecule has 4 heterocycles. The molecule has 2 fully saturated rings. The first-order valence-corrected chi connectivity index (χ1v) is 12.8. The number of ether oxygens (including phenoxy) is 3. The summed E-state index contributed by atoms with van der Waals surface area (Å²) in [7, 11) is 1.96. The van der Waals surface area contributed by atoms with Crippen LogP contribution in [0.5, 0.6) is 0 Å². The van der Waals surface area contributed by atoms with Gasteiger partial charge in [0.15, 0.2) is 5.82 Å². The number of allylic oxidation sites excluding steroid dienone is 1. The minimum absolute atomic E-state index is 0.0353. The lowest BCUT2D eigenvalue weighted by atomic mass is 9.95. The lowest BCUT2D eigenvalue weighted by Crippen LogP contribution is -2.34. The number of hydrogen-bond acceptors (Lipinski definition) is 10. The predicted octanol–water partition coefficient (Wildman–Crippen LogP) is 1.92. The number of amides is 1. The molecule has 5 aliphatic rings. The van der Waals surface area contributed by atoms with Gasteiger partial charge in [0.25, 0.3) is 0 Å². The lowest BCUT2D eigenvalue weighted by molar-refractivity contribution is 0.0650. The minimum atomic E-state index is -0.328. The molecule has 1 amide bonds. The van der Waals surface area contributed by atoms with E-state index < -0.39 is 0 Å². The molecule has 0 aromatic carbocycles. The molecule has 1 saturated heterocycles. The van der Waals surface area contributed by atoms with Crippen LogP contribution >= 0.6 is 0 Å². The van der Waals surface area contributed by atoms with Crippen molar-refractivity contribution in [1.29, 1.82) is 0 Å². The van der Waals surface area contributed by atoms with E-state index in [1.807, 2.05) is 32.1 Å². The zero-order valence-corrected chi connectivity index (χ0v) is 20.8. The number of nitrogens with one attached hydrogen (secondary N) is 3. The summed E-state index contributed by atoms with van der Waals surface area (Å²) in [4.78, 5) is 16.6. The molecule has 0 aromatic rings. The van der Waals surface area contributed by atoms with Crippen molar-refractivity contribution in [3.05, 3.63) is 11.5 Å². The standard InChI is InChI=1S/C24H37N7O4/c1-14(2)26-24(32)35-16-5-4-15(10-16)19-11-21(29-28-19)27-23-22-18(6-8-25-23)20(30-31(22)3)13-34-17-7-9-33-12-17/h8,14-19,28H,4-7,9-13H2,1-3H3,(H,26,32)(H,27,29). The summed E-state index contributed by atoms with van der Waals surface area (Å²) in [6.07, 6.45) is 7.04. The van der Waals surface area contributed by atoms with Crippen molar-refractivity contribution in [2.24, 2.45) is 27.0 Å². The van der Waals surface area contributed by atoms with Crippen LogP contribution in [0.3, 0.4) is 0 Å². The smallest absolute Gasteiger partial charge is 0.407 e. The highest BCUT2D eigenvalue weighted by Crippen LogP contribution is 2.34. The number of nitrogens with zero attached hydrogens (tertiary/aromatic N) is 4. The summed E-state index contributed by atoms with van der Waals surface area (Å²) >= 11 is 0. The van der Waals surface area contributed by atoms with Crippen molar-refractivity contribution < 1.29 is 19.0 Å². The Morgan fingerprint density at radius 2 is 2.20 bits per heavy atom. The fourth-order valence-electron chi connectivity index (χ4n) is 5.47. The SMILES string of the molecule is CC(C)NC(=O)OC1CCC(C2CC(NC3=C4C(CC=N3)C(COC3CCOC3)=NN4C)=NN2)C1. The van der Waals surface area contributed by atoms with E-state index in [-0.39, 0.29) is 36.3 Å². The van der Waals surface area contributed by atoms with Crippen LogP contribution in [0.25, 0.3) is 0 Å². The second kappa shape index (κ2) is 10.5. The Bertz CT molecular complexity index is 925. The third kappa shape index (κ3) is 5.61. The van der Waals surface area contributed by atoms with E-state index in [0.717, 1.165) is 68.2 Å². The number of fused-ring (bicyclic) bond motifs is 1. The molecular weight excluding hydrogens is 450 g/mol. The number of carbonyl (C=O) groups is 1. The normalized spacial score (nSPS) is 32.0. The molecule has 5 unspecified atom stereocenters. The summed E-state index contributed by atoms with van der Waals surface area (Å²) in [6, 6.07) is 0.300. The van der Waals surface area contributed by atoms with Gasteiger partial charge in [0.1, 0.15) is 11.9 Å². The maximum Gasteiger partial charge on any atom is 0.407 e. The molecule has 3 N–H and O–H groups in total. The van der Waals surface area contributed by atoms with Gasteiger partial charge in [-0.25, -0.2) is 9.79 Å². The fraction of sp³-hybridized carbons (Fsp3) is 0.750. The first-order valence-electron chi connectivity index (χ1n) is 12.8. The van der Waals surface area contributed by atoms with Crippen LogP contribution < -0.4 is 16.1 Å². The van der Waals surface area contributed by atoms with E-state index in [1.54, 1.807) is 0 Å². The molecule has 192 valence electrons. The van der Waals surface area contributed by atoms with Gasteiger partial charge in [0.2, 0.25) is 0 Å². The lowest BCUT2D eigenvalue weighted by Gasteiger charge is -2.23. The second-order valence-electron chi connectivity index (χ2n) is 10.3. The maximum atomic E-state index is 11.9. The number of rotatable bonds is 7. The molecule has 11 heteroatoms. The molecule has 35 heavy (non-hydrogen) atoms. The Kier molecular flexibility index (Phi) is 7.24. The van der Waals surface area contributed by atoms with Crippen LogP contribution in [0.15, 0.2) is 26.7 Å². The molecule has 5 rings (SSSR count). The van der Waals surface area contributed by atoms with Crippen molar-refractivity contribution in [1.82, 2.24) is 21.1 Å². The van der Waals surface area contributed by atoms with Crippen molar-refractivity contribution in [3.8, 4) is 0 Å². The summed E-state index contributed by atoms with van der Waals surface area (Å²) < 4.78 is 17.0. The number of carbonyl (C=O) groups excluding carboxylic acids is 1. The summed E-state index contributed by atoms with van der Waals surface area (Å²) in [6.45, 7) is 5.80. The third-order valence-electron chi connectivity index (χ3n) is 7.23. The summed E-state index contributed by atoms with van der Waals surface area (Å²) in [5, 5.41) is 17.5. The zero-order chi connectivity index (χ0) is 24.4. The number of aliphatic imine (C=N–C) groups is 1. The first-order chi connectivity index (χ1) is 17.0. The van der Waals surface area contributed by atoms with Crippen LogP contribution in [0.4, 0.5) is 4.79 Å². The quantitative estimate of drug-likeness (QED) is 0.502. The maximum absolute atomic E-state index is 11.9. The van der Waals surface area contributed by atoms with Crippen molar-refractivity contribution in [2.75, 3.05) is 26.9 Å². The van der Waals surface area contributed by atoms with Crippen molar-refractivity contribution in [3.63, 3.8) is 0 Å². The van der Waals surface area contributed by atoms with Gasteiger partial charge in [-0.2, -0.15) is 10.2 Å². The van der Waals surface area contributed by atoms with Gasteiger partial charge < -0.3 is 30.3 Å². The minimum Gasteiger partial charge on any atom is -0.446 e. The van der Waals surface area contributed by atoms with Crippen LogP contribution in [0, 0.1) is 11.8 Å². The Labute approximate surface area is 206 Å². The van der Waals surface area contributed by atoms with E-state index >= 15 is 0 Å². The Hall–Kier alpha value is -2.66. The van der Waals surface area contributed by atoms with E-state index in [9.17, 15) is 4.79 Å². The zero-order valence-electron chi connectivity index (χ0n) is 20.8. The molecule has 4 aliphatic heterocycles. The van der Waals surface area contributed by atoms with Gasteiger partial charge >= 0.3 is 6.09 Å². The van der Waals surface area contributed by atoms with Gasteiger partial charge in [-0.1, -0.05) is 0 Å². The second-order valence-corrected chi connectivity index (χ2v) is 10.3. The van der Waals surface area contributed by atoms with E-state index in [4.69, 9.17) is 19.3 Å². The number of hydrazone groups is 2. The molecule has 11 nitrogen and oxygen atoms in total. The topological polar surface area (TPSA) is 121 Å². The molecule has 1 saturated carbocycles. The monoisotopic (exact) mass is 487 g/mol. The number of hydrogen-bond donors (Lipinski definition) is 3. The Morgan fingerprint density at radius 1 is 1.31 bits per heavy atom. The summed E-state index contributed by atoms with van der Waals surface area (Å²) in [5.41, 5.74) is 5.39. The largest absolute Gasteiger partial charge is 0.446 e. The highest BCUT2D eigenvalue weighted by molar-refractivity contribution is 5.95. The van der Waals surface area contributed by atoms with Crippen LogP contribution in [-0.2, 0) is 14.2 Å². The van der Waals surface area contributed by atoms with Gasteiger partial charge in [0, 0.05) is 32.3 Å². The first kappa shape index (κ1) is 24.1. The van der Waals surface area contributed by atoms with Gasteiger partial charge in [0.05, 0.1) is 42.7 Å². The average Bonchev–Trinajstić information content (AvgIpc) is 3.60. The molecule has 5 atom stereocenters. The van der Waals surface area contributed by atoms with Crippen LogP contribution in [-0.4, -0.2) is 80.0 Å². The molecule has 0 bridgehead atoms. The Morgan fingerprint density at radius 3 is 3.00 bits per heavy atom. The Balaban J connectivity index is 1.13. The van der Waals surface area contributed by atoms with Crippen molar-refractivity contribution in [2.45, 2.75) is 76.7 Å². The van der Waals surface area contributed by atoms with E-state index in [2.05, 4.69) is 26.2 Å². The molecule has 1 aliphatic carbocycles. The molecule has 0 aromatic heterocycles. The highest BCUT2D eigenvalue weighted by Gasteiger charge is 2.38. The van der Waals surface area contributed by atoms with Gasteiger partial charge in [-0.3, -0.25) is 5.01 Å². The van der Waals surface area contributed by atoms with Crippen LogP contribution in [0.2, 0.25) is 0 Å². The van der Waals surface area contributed by atoms with E-state index in [1.165, 1.54) is 0 Å². The molecule has 0 radical (unpaired) electrons. The predicted molar refractivity (Wildman–Crippen MR) is 132 cm³/mol. The van der Waals surface area contributed by atoms with Crippen LogP contribution in [0.1, 0.15) is 52.4 Å². The summed E-state index contributed by atoms with van der Waals surface area (Å²) in [5.74, 6) is 2.25. The van der Waals surface area contributed by atoms with Gasteiger partial charge in [-0.05, 0) is 51.9 Å². The van der Waals surface area contributed by atoms with E-state index in [0.29, 0.717) is 19.1 Å².